The lowest BCUT2D eigenvalue weighted by molar-refractivity contribution is -0.137. The molecule has 0 radical (unpaired) electrons. The maximum atomic E-state index is 12.4. The average molecular weight is 264 g/mol. The van der Waals surface area contributed by atoms with Crippen molar-refractivity contribution in [1.29, 1.82) is 0 Å². The zero-order chi connectivity index (χ0) is 13.9. The van der Waals surface area contributed by atoms with E-state index in [4.69, 9.17) is 5.73 Å². The molecule has 2 atom stereocenters. The van der Waals surface area contributed by atoms with Crippen molar-refractivity contribution in [3.63, 3.8) is 0 Å². The number of hydrogen-bond acceptors (Lipinski definition) is 2. The van der Waals surface area contributed by atoms with Crippen LogP contribution in [-0.2, 0) is 4.79 Å². The third kappa shape index (κ3) is 2.20. The van der Waals surface area contributed by atoms with E-state index in [2.05, 4.69) is 5.32 Å². The lowest BCUT2D eigenvalue weighted by Gasteiger charge is -2.62. The topological polar surface area (TPSA) is 55.1 Å². The Morgan fingerprint density at radius 2 is 1.79 bits per heavy atom. The highest BCUT2D eigenvalue weighted by Crippen LogP contribution is 2.61. The summed E-state index contributed by atoms with van der Waals surface area (Å²) in [6.07, 6.45) is 7.46. The van der Waals surface area contributed by atoms with E-state index in [1.165, 1.54) is 32.1 Å². The van der Waals surface area contributed by atoms with Crippen LogP contribution in [0.15, 0.2) is 0 Å². The Bertz CT molecular complexity index is 382. The normalized spacial score (nSPS) is 44.4. The molecular formula is C16H28N2O. The lowest BCUT2D eigenvalue weighted by Crippen LogP contribution is -2.65. The van der Waals surface area contributed by atoms with Crippen LogP contribution < -0.4 is 11.1 Å². The van der Waals surface area contributed by atoms with Crippen molar-refractivity contribution >= 4 is 5.91 Å². The Labute approximate surface area is 116 Å². The van der Waals surface area contributed by atoms with Crippen LogP contribution >= 0.6 is 0 Å². The van der Waals surface area contributed by atoms with Crippen LogP contribution in [0.1, 0.15) is 59.3 Å². The molecule has 4 saturated carbocycles. The lowest BCUT2D eigenvalue weighted by atomic mass is 9.47. The SMILES string of the molecule is CC(C)(C)C(=O)NC12CC3CC(CC(CN)(C3)C1)C2. The second kappa shape index (κ2) is 3.97. The van der Waals surface area contributed by atoms with Gasteiger partial charge >= 0.3 is 0 Å². The Kier molecular flexibility index (Phi) is 2.80. The second-order valence-corrected chi connectivity index (χ2v) is 8.65. The quantitative estimate of drug-likeness (QED) is 0.805. The molecule has 0 aliphatic heterocycles. The molecule has 0 saturated heterocycles. The monoisotopic (exact) mass is 264 g/mol. The number of hydrogen-bond donors (Lipinski definition) is 2. The van der Waals surface area contributed by atoms with Crippen molar-refractivity contribution in [3.05, 3.63) is 0 Å². The molecule has 1 amide bonds. The van der Waals surface area contributed by atoms with E-state index in [1.54, 1.807) is 0 Å². The predicted molar refractivity (Wildman–Crippen MR) is 76.5 cm³/mol. The van der Waals surface area contributed by atoms with Gasteiger partial charge in [-0.15, -0.1) is 0 Å². The number of nitrogens with two attached hydrogens (primary N) is 1. The summed E-state index contributed by atoms with van der Waals surface area (Å²) in [5, 5.41) is 3.43. The van der Waals surface area contributed by atoms with Gasteiger partial charge in [-0.2, -0.15) is 0 Å². The number of nitrogens with one attached hydrogen (secondary N) is 1. The Morgan fingerprint density at radius 3 is 2.26 bits per heavy atom. The van der Waals surface area contributed by atoms with Crippen LogP contribution in [0.5, 0.6) is 0 Å². The molecule has 4 aliphatic carbocycles. The largest absolute Gasteiger partial charge is 0.350 e. The average Bonchev–Trinajstić information content (AvgIpc) is 2.25. The van der Waals surface area contributed by atoms with E-state index in [1.807, 2.05) is 20.8 Å². The predicted octanol–water partition coefficient (Wildman–Crippen LogP) is 2.45. The molecule has 0 aromatic rings. The molecular weight excluding hydrogens is 236 g/mol. The maximum Gasteiger partial charge on any atom is 0.225 e. The summed E-state index contributed by atoms with van der Waals surface area (Å²) in [4.78, 5) is 12.4. The third-order valence-corrected chi connectivity index (χ3v) is 5.68. The molecule has 3 N–H and O–H groups in total. The first-order chi connectivity index (χ1) is 8.76. The van der Waals surface area contributed by atoms with Gasteiger partial charge in [0.1, 0.15) is 0 Å². The van der Waals surface area contributed by atoms with Crippen molar-refractivity contribution in [2.75, 3.05) is 6.54 Å². The minimum Gasteiger partial charge on any atom is -0.350 e. The Balaban J connectivity index is 1.83. The van der Waals surface area contributed by atoms with Gasteiger partial charge < -0.3 is 11.1 Å². The fraction of sp³-hybridized carbons (Fsp3) is 0.938. The Morgan fingerprint density at radius 1 is 1.21 bits per heavy atom. The highest BCUT2D eigenvalue weighted by atomic mass is 16.2. The first kappa shape index (κ1) is 13.4. The zero-order valence-corrected chi connectivity index (χ0v) is 12.6. The van der Waals surface area contributed by atoms with Crippen molar-refractivity contribution in [2.45, 2.75) is 64.8 Å². The van der Waals surface area contributed by atoms with Gasteiger partial charge in [-0.1, -0.05) is 20.8 Å². The van der Waals surface area contributed by atoms with Gasteiger partial charge in [0.05, 0.1) is 0 Å². The molecule has 0 spiro atoms. The molecule has 0 aromatic carbocycles. The fourth-order valence-corrected chi connectivity index (χ4v) is 5.27. The van der Waals surface area contributed by atoms with Gasteiger partial charge in [0.2, 0.25) is 5.91 Å². The highest BCUT2D eigenvalue weighted by Gasteiger charge is 2.57. The summed E-state index contributed by atoms with van der Waals surface area (Å²) in [5.74, 6) is 1.80. The number of carbonyl (C=O) groups excluding carboxylic acids is 1. The molecule has 3 heteroatoms. The Hall–Kier alpha value is -0.570. The van der Waals surface area contributed by atoms with E-state index in [9.17, 15) is 4.79 Å². The van der Waals surface area contributed by atoms with Gasteiger partial charge in [-0.25, -0.2) is 0 Å². The van der Waals surface area contributed by atoms with Crippen LogP contribution in [0, 0.1) is 22.7 Å². The van der Waals surface area contributed by atoms with E-state index < -0.39 is 0 Å². The van der Waals surface area contributed by atoms with E-state index in [0.29, 0.717) is 5.41 Å². The highest BCUT2D eigenvalue weighted by molar-refractivity contribution is 5.82. The molecule has 0 heterocycles. The summed E-state index contributed by atoms with van der Waals surface area (Å²) in [6.45, 7) is 6.80. The molecule has 4 rings (SSSR count). The summed E-state index contributed by atoms with van der Waals surface area (Å²) in [5.41, 5.74) is 6.19. The number of amides is 1. The first-order valence-electron chi connectivity index (χ1n) is 7.79. The number of carbonyl (C=O) groups is 1. The summed E-state index contributed by atoms with van der Waals surface area (Å²) < 4.78 is 0. The minimum atomic E-state index is -0.292. The van der Waals surface area contributed by atoms with Crippen molar-refractivity contribution < 1.29 is 4.79 Å². The number of rotatable bonds is 2. The van der Waals surface area contributed by atoms with Crippen LogP contribution in [0.3, 0.4) is 0 Å². The summed E-state index contributed by atoms with van der Waals surface area (Å²) in [7, 11) is 0. The smallest absolute Gasteiger partial charge is 0.225 e. The molecule has 4 bridgehead atoms. The fourth-order valence-electron chi connectivity index (χ4n) is 5.27. The first-order valence-corrected chi connectivity index (χ1v) is 7.79. The molecule has 4 fully saturated rings. The summed E-state index contributed by atoms with van der Waals surface area (Å²) >= 11 is 0. The maximum absolute atomic E-state index is 12.4. The van der Waals surface area contributed by atoms with E-state index in [-0.39, 0.29) is 16.9 Å². The van der Waals surface area contributed by atoms with Gasteiger partial charge in [-0.3, -0.25) is 4.79 Å². The molecule has 2 unspecified atom stereocenters. The zero-order valence-electron chi connectivity index (χ0n) is 12.6. The van der Waals surface area contributed by atoms with Gasteiger partial charge in [0, 0.05) is 11.0 Å². The third-order valence-electron chi connectivity index (χ3n) is 5.68. The van der Waals surface area contributed by atoms with Crippen LogP contribution in [0.4, 0.5) is 0 Å². The van der Waals surface area contributed by atoms with Crippen LogP contribution in [0.25, 0.3) is 0 Å². The molecule has 108 valence electrons. The molecule has 4 aliphatic rings. The molecule has 19 heavy (non-hydrogen) atoms. The van der Waals surface area contributed by atoms with Crippen molar-refractivity contribution in [2.24, 2.45) is 28.4 Å². The van der Waals surface area contributed by atoms with E-state index >= 15 is 0 Å². The molecule has 0 aromatic heterocycles. The van der Waals surface area contributed by atoms with Gasteiger partial charge in [-0.05, 0) is 62.3 Å². The van der Waals surface area contributed by atoms with Crippen LogP contribution in [-0.4, -0.2) is 18.0 Å². The van der Waals surface area contributed by atoms with Crippen molar-refractivity contribution in [3.8, 4) is 0 Å². The van der Waals surface area contributed by atoms with Gasteiger partial charge in [0.15, 0.2) is 0 Å². The second-order valence-electron chi connectivity index (χ2n) is 8.65. The standard InChI is InChI=1S/C16H28N2O/c1-14(2,3)13(19)18-16-7-11-4-12(8-16)6-15(5-11,9-16)10-17/h11-12H,4-10,17H2,1-3H3,(H,18,19). The minimum absolute atomic E-state index is 0.0633. The van der Waals surface area contributed by atoms with E-state index in [0.717, 1.165) is 24.8 Å². The molecule has 3 nitrogen and oxygen atoms in total. The van der Waals surface area contributed by atoms with Gasteiger partial charge in [0.25, 0.3) is 0 Å². The summed E-state index contributed by atoms with van der Waals surface area (Å²) in [6, 6.07) is 0. The van der Waals surface area contributed by atoms with Crippen LogP contribution in [0.2, 0.25) is 0 Å². The van der Waals surface area contributed by atoms with Crippen molar-refractivity contribution in [1.82, 2.24) is 5.32 Å².